The number of Topliss-reactive ketones (excluding diaryl/α,β-unsaturated/α-hetero) is 2. The Balaban J connectivity index is 1.25. The fourth-order valence-corrected chi connectivity index (χ4v) is 6.31. The molecule has 0 atom stereocenters. The molecule has 0 saturated carbocycles. The number of benzene rings is 4. The quantitative estimate of drug-likeness (QED) is 0.165. The first-order valence-electron chi connectivity index (χ1n) is 13.1. The van der Waals surface area contributed by atoms with Gasteiger partial charge in [-0.2, -0.15) is 0 Å². The zero-order valence-electron chi connectivity index (χ0n) is 22.7. The van der Waals surface area contributed by atoms with E-state index in [4.69, 9.17) is 0 Å². The Morgan fingerprint density at radius 1 is 0.533 bits per heavy atom. The number of cyclic esters (lactones) is 4. The summed E-state index contributed by atoms with van der Waals surface area (Å²) in [6.07, 6.45) is -0.904. The van der Waals surface area contributed by atoms with E-state index in [1.54, 1.807) is 0 Å². The zero-order valence-corrected chi connectivity index (χ0v) is 23.5. The second-order valence-electron chi connectivity index (χ2n) is 10.2. The lowest BCUT2D eigenvalue weighted by Crippen LogP contribution is -2.09. The standard InChI is InChI=1S/C32H18O12S/c33-25-7-3-19(9-17(25)13-27(35)15-1-5-21-23(11-15)31(39)43-29(21)37)45(41,42)20-4-8-26(34)18(10-20)14-28(36)16-2-6-22-24(12-16)32(40)44-30(22)38/h1-12,33-34H,13-14H2. The molecule has 224 valence electrons. The summed E-state index contributed by atoms with van der Waals surface area (Å²) in [6, 6.07) is 14.2. The van der Waals surface area contributed by atoms with Crippen molar-refractivity contribution in [2.24, 2.45) is 0 Å². The predicted molar refractivity (Wildman–Crippen MR) is 150 cm³/mol. The number of phenolic OH excluding ortho intramolecular Hbond substituents is 2. The van der Waals surface area contributed by atoms with Crippen molar-refractivity contribution in [3.63, 3.8) is 0 Å². The molecule has 0 amide bonds. The van der Waals surface area contributed by atoms with E-state index in [1.165, 1.54) is 36.4 Å². The van der Waals surface area contributed by atoms with Gasteiger partial charge < -0.3 is 19.7 Å². The van der Waals surface area contributed by atoms with Crippen molar-refractivity contribution in [2.75, 3.05) is 0 Å². The van der Waals surface area contributed by atoms with Crippen molar-refractivity contribution >= 4 is 45.3 Å². The van der Waals surface area contributed by atoms with Gasteiger partial charge in [-0.3, -0.25) is 9.59 Å². The topological polar surface area (TPSA) is 195 Å². The Hall–Kier alpha value is -5.95. The van der Waals surface area contributed by atoms with E-state index in [0.29, 0.717) is 0 Å². The molecule has 0 aromatic heterocycles. The maximum absolute atomic E-state index is 13.6. The van der Waals surface area contributed by atoms with Crippen molar-refractivity contribution in [3.05, 3.63) is 117 Å². The predicted octanol–water partition coefficient (Wildman–Crippen LogP) is 3.40. The van der Waals surface area contributed by atoms with Crippen molar-refractivity contribution in [1.29, 1.82) is 0 Å². The monoisotopic (exact) mass is 626 g/mol. The Morgan fingerprint density at radius 2 is 0.911 bits per heavy atom. The minimum Gasteiger partial charge on any atom is -0.508 e. The van der Waals surface area contributed by atoms with E-state index in [9.17, 15) is 47.4 Å². The number of ketones is 2. The second-order valence-corrected chi connectivity index (χ2v) is 12.1. The number of hydrogen-bond acceptors (Lipinski definition) is 12. The van der Waals surface area contributed by atoms with Gasteiger partial charge in [0.2, 0.25) is 9.84 Å². The number of fused-ring (bicyclic) bond motifs is 2. The van der Waals surface area contributed by atoms with Crippen molar-refractivity contribution in [1.82, 2.24) is 0 Å². The van der Waals surface area contributed by atoms with Gasteiger partial charge in [-0.05, 0) is 60.7 Å². The number of rotatable bonds is 8. The molecule has 2 heterocycles. The molecule has 0 fully saturated rings. The van der Waals surface area contributed by atoms with Crippen molar-refractivity contribution in [2.45, 2.75) is 22.6 Å². The average Bonchev–Trinajstić information content (AvgIpc) is 3.46. The zero-order chi connectivity index (χ0) is 32.2. The molecule has 4 aromatic rings. The molecular weight excluding hydrogens is 608 g/mol. The molecule has 0 spiro atoms. The summed E-state index contributed by atoms with van der Waals surface area (Å²) in [6.45, 7) is 0. The molecule has 2 N–H and O–H groups in total. The number of aromatic hydroxyl groups is 2. The minimum absolute atomic E-state index is 0.0101. The van der Waals surface area contributed by atoms with E-state index in [2.05, 4.69) is 9.47 Å². The lowest BCUT2D eigenvalue weighted by atomic mass is 9.98. The smallest absolute Gasteiger partial charge is 0.346 e. The van der Waals surface area contributed by atoms with Crippen LogP contribution in [0.1, 0.15) is 73.3 Å². The summed E-state index contributed by atoms with van der Waals surface area (Å²) in [7, 11) is -4.30. The molecule has 45 heavy (non-hydrogen) atoms. The molecule has 0 radical (unpaired) electrons. The lowest BCUT2D eigenvalue weighted by molar-refractivity contribution is 0.0425. The molecule has 6 rings (SSSR count). The van der Waals surface area contributed by atoms with Gasteiger partial charge >= 0.3 is 23.9 Å². The Kier molecular flexibility index (Phi) is 6.89. The van der Waals surface area contributed by atoms with Crippen LogP contribution < -0.4 is 0 Å². The van der Waals surface area contributed by atoms with E-state index in [0.717, 1.165) is 36.4 Å². The number of phenols is 2. The maximum atomic E-state index is 13.6. The normalized spacial score (nSPS) is 13.7. The summed E-state index contributed by atoms with van der Waals surface area (Å²) in [5, 5.41) is 20.8. The molecule has 2 aliphatic heterocycles. The van der Waals surface area contributed by atoms with Gasteiger partial charge in [0, 0.05) is 35.1 Å². The number of sulfone groups is 1. The Bertz CT molecular complexity index is 2010. The van der Waals surface area contributed by atoms with Crippen molar-refractivity contribution in [3.8, 4) is 11.5 Å². The van der Waals surface area contributed by atoms with Crippen LogP contribution in [0.5, 0.6) is 11.5 Å². The summed E-state index contributed by atoms with van der Waals surface area (Å²) < 4.78 is 36.2. The average molecular weight is 627 g/mol. The first-order chi connectivity index (χ1) is 21.3. The van der Waals surface area contributed by atoms with Gasteiger partial charge in [-0.15, -0.1) is 0 Å². The summed E-state index contributed by atoms with van der Waals surface area (Å²) >= 11 is 0. The van der Waals surface area contributed by atoms with Gasteiger partial charge in [0.15, 0.2) is 11.6 Å². The van der Waals surface area contributed by atoms with Crippen LogP contribution in [0.2, 0.25) is 0 Å². The summed E-state index contributed by atoms with van der Waals surface area (Å²) in [4.78, 5) is 72.5. The molecule has 0 saturated heterocycles. The van der Waals surface area contributed by atoms with Gasteiger partial charge in [0.1, 0.15) is 11.5 Å². The van der Waals surface area contributed by atoms with E-state index in [1.807, 2.05) is 0 Å². The van der Waals surface area contributed by atoms with Crippen LogP contribution in [0, 0.1) is 0 Å². The molecule has 12 nitrogen and oxygen atoms in total. The molecule has 0 bridgehead atoms. The minimum atomic E-state index is -4.30. The van der Waals surface area contributed by atoms with Gasteiger partial charge in [0.25, 0.3) is 0 Å². The number of carbonyl (C=O) groups excluding carboxylic acids is 6. The molecule has 4 aromatic carbocycles. The highest BCUT2D eigenvalue weighted by Crippen LogP contribution is 2.31. The van der Waals surface area contributed by atoms with E-state index < -0.39 is 58.1 Å². The number of esters is 4. The van der Waals surface area contributed by atoms with E-state index in [-0.39, 0.29) is 65.8 Å². The molecule has 2 aliphatic rings. The highest BCUT2D eigenvalue weighted by atomic mass is 32.2. The molecular formula is C32H18O12S. The van der Waals surface area contributed by atoms with Crippen molar-refractivity contribution < 1.29 is 56.9 Å². The lowest BCUT2D eigenvalue weighted by Gasteiger charge is -2.11. The van der Waals surface area contributed by atoms with Gasteiger partial charge in [-0.1, -0.05) is 12.1 Å². The fourth-order valence-electron chi connectivity index (χ4n) is 4.94. The number of hydrogen-bond donors (Lipinski definition) is 2. The third kappa shape index (κ3) is 5.14. The van der Waals surface area contributed by atoms with Crippen LogP contribution >= 0.6 is 0 Å². The fraction of sp³-hybridized carbons (Fsp3) is 0.0625. The molecule has 0 aliphatic carbocycles. The first-order valence-corrected chi connectivity index (χ1v) is 14.6. The van der Waals surface area contributed by atoms with Gasteiger partial charge in [-0.25, -0.2) is 27.6 Å². The van der Waals surface area contributed by atoms with Crippen LogP contribution in [-0.2, 0) is 32.2 Å². The summed E-state index contributed by atoms with van der Waals surface area (Å²) in [5.41, 5.74) is -0.151. The highest BCUT2D eigenvalue weighted by molar-refractivity contribution is 7.91. The van der Waals surface area contributed by atoms with Gasteiger partial charge in [0.05, 0.1) is 32.0 Å². The summed E-state index contributed by atoms with van der Waals surface area (Å²) in [5.74, 6) is -5.36. The number of ether oxygens (including phenoxy) is 2. The highest BCUT2D eigenvalue weighted by Gasteiger charge is 2.32. The van der Waals surface area contributed by atoms with Crippen LogP contribution in [0.3, 0.4) is 0 Å². The van der Waals surface area contributed by atoms with Crippen LogP contribution in [0.25, 0.3) is 0 Å². The largest absolute Gasteiger partial charge is 0.508 e. The van der Waals surface area contributed by atoms with Crippen LogP contribution in [0.4, 0.5) is 0 Å². The first kappa shape index (κ1) is 29.1. The third-order valence-corrected chi connectivity index (χ3v) is 9.11. The molecule has 0 unspecified atom stereocenters. The second kappa shape index (κ2) is 10.6. The number of carbonyl (C=O) groups is 6. The molecule has 13 heteroatoms. The van der Waals surface area contributed by atoms with Crippen LogP contribution in [0.15, 0.2) is 82.6 Å². The third-order valence-electron chi connectivity index (χ3n) is 7.36. The maximum Gasteiger partial charge on any atom is 0.346 e. The van der Waals surface area contributed by atoms with Crippen LogP contribution in [-0.4, -0.2) is 54.1 Å². The Labute approximate surface area is 253 Å². The Morgan fingerprint density at radius 3 is 1.31 bits per heavy atom. The van der Waals surface area contributed by atoms with E-state index >= 15 is 0 Å². The SMILES string of the molecule is O=C(Cc1cc(S(=O)(=O)c2ccc(O)c(CC(=O)c3ccc4c(c3)C(=O)OC4=O)c2)ccc1O)c1ccc2c(c1)C(=O)OC2=O.